The van der Waals surface area contributed by atoms with Crippen molar-refractivity contribution in [3.05, 3.63) is 91.7 Å². The lowest BCUT2D eigenvalue weighted by Gasteiger charge is -2.36. The van der Waals surface area contributed by atoms with Crippen LogP contribution in [-0.2, 0) is 63.5 Å². The summed E-state index contributed by atoms with van der Waals surface area (Å²) < 4.78 is 24.8. The Morgan fingerprint density at radius 2 is 1.69 bits per heavy atom. The van der Waals surface area contributed by atoms with Gasteiger partial charge in [-0.2, -0.15) is 0 Å². The van der Waals surface area contributed by atoms with E-state index in [2.05, 4.69) is 37.2 Å². The molecule has 2 aromatic heterocycles. The Morgan fingerprint density at radius 3 is 2.35 bits per heavy atom. The standard InChI is InChI=1S/C51H62BrN7O12/c1-9-51(35-22-38-42-31(20-33-36(52)13-10-14-37(33)57-42)24-59(38)44(63)34(35)26-68-45(51)64)70-40(61)23-50(7,8)27-55-47(66)69-25-29-15-17-32(18-16-29)56-43(62)30(12-11-19-54-46(53)65)21-39(60)41(28(2)3)58-48(67)71-49(4,5)6/h10,13-18,20,22,28,30,41H,9,11-12,19,21,23-27H2,1-8H3,(H,55,66)(H,56,62)(H,58,67)(H3,53,54,65)/t30-,41+,51+/m1/s1. The molecule has 0 spiro atoms. The summed E-state index contributed by atoms with van der Waals surface area (Å²) in [6.45, 7) is 13.9. The number of ether oxygens (including phenoxy) is 4. The SMILES string of the molecule is CC[C@@]1(OC(=O)CC(C)(C)CNC(=O)OCc2ccc(NC(=O)[C@H](CCCNC(N)=O)CC(=O)[C@@H](NC(=O)OC(C)(C)C)C(C)C)cc2)C(=O)OCc2c1cc1n(c2=O)Cc2cc3c(Br)cccc3nc2-1. The van der Waals surface area contributed by atoms with Crippen molar-refractivity contribution < 1.29 is 52.5 Å². The summed E-state index contributed by atoms with van der Waals surface area (Å²) in [5.74, 6) is -3.47. The highest BCUT2D eigenvalue weighted by Crippen LogP contribution is 2.42. The van der Waals surface area contributed by atoms with E-state index in [1.54, 1.807) is 90.3 Å². The number of urea groups is 1. The zero-order valence-electron chi connectivity index (χ0n) is 41.2. The largest absolute Gasteiger partial charge is 0.457 e. The Bertz CT molecular complexity index is 2790. The van der Waals surface area contributed by atoms with Crippen LogP contribution < -0.4 is 32.6 Å². The number of benzene rings is 2. The predicted molar refractivity (Wildman–Crippen MR) is 266 cm³/mol. The van der Waals surface area contributed by atoms with Crippen LogP contribution in [0.2, 0.25) is 0 Å². The van der Waals surface area contributed by atoms with Crippen LogP contribution in [0.4, 0.5) is 20.1 Å². The number of nitrogens with one attached hydrogen (secondary N) is 4. The molecule has 4 heterocycles. The van der Waals surface area contributed by atoms with Gasteiger partial charge in [-0.1, -0.05) is 68.7 Å². The molecule has 0 bridgehead atoms. The molecule has 0 radical (unpaired) electrons. The number of cyclic esters (lactones) is 1. The summed E-state index contributed by atoms with van der Waals surface area (Å²) in [7, 11) is 0. The van der Waals surface area contributed by atoms with Crippen LogP contribution in [0.25, 0.3) is 22.3 Å². The third-order valence-electron chi connectivity index (χ3n) is 12.2. The molecule has 0 saturated carbocycles. The van der Waals surface area contributed by atoms with Gasteiger partial charge in [0.25, 0.3) is 5.56 Å². The molecule has 0 aliphatic carbocycles. The second-order valence-electron chi connectivity index (χ2n) is 20.0. The van der Waals surface area contributed by atoms with Crippen molar-refractivity contribution in [1.82, 2.24) is 25.5 Å². The quantitative estimate of drug-likeness (QED) is 0.0310. The van der Waals surface area contributed by atoms with Gasteiger partial charge in [-0.15, -0.1) is 0 Å². The summed E-state index contributed by atoms with van der Waals surface area (Å²) in [4.78, 5) is 110. The third kappa shape index (κ3) is 13.1. The number of fused-ring (bicyclic) bond motifs is 5. The fraction of sp³-hybridized carbons (Fsp3) is 0.471. The summed E-state index contributed by atoms with van der Waals surface area (Å²) in [5.41, 5.74) is 5.40. The molecule has 380 valence electrons. The predicted octanol–water partition coefficient (Wildman–Crippen LogP) is 7.25. The van der Waals surface area contributed by atoms with Crippen LogP contribution >= 0.6 is 15.9 Å². The Kier molecular flexibility index (Phi) is 16.6. The molecule has 3 atom stereocenters. The number of esters is 2. The highest BCUT2D eigenvalue weighted by atomic mass is 79.9. The molecule has 20 heteroatoms. The van der Waals surface area contributed by atoms with Gasteiger partial charge < -0.3 is 50.5 Å². The fourth-order valence-corrected chi connectivity index (χ4v) is 9.03. The molecule has 2 aromatic carbocycles. The van der Waals surface area contributed by atoms with Gasteiger partial charge in [-0.3, -0.25) is 19.2 Å². The minimum atomic E-state index is -1.90. The first-order valence-corrected chi connectivity index (χ1v) is 24.3. The minimum Gasteiger partial charge on any atom is -0.457 e. The molecule has 5 amide bonds. The lowest BCUT2D eigenvalue weighted by Crippen LogP contribution is -2.48. The molecular formula is C51H62BrN7O12. The third-order valence-corrected chi connectivity index (χ3v) is 12.9. The number of hydrogen-bond donors (Lipinski definition) is 5. The lowest BCUT2D eigenvalue weighted by molar-refractivity contribution is -0.190. The minimum absolute atomic E-state index is 0.00857. The number of aromatic nitrogens is 2. The molecule has 0 unspecified atom stereocenters. The molecule has 6 rings (SSSR count). The average molecular weight is 1040 g/mol. The van der Waals surface area contributed by atoms with Crippen LogP contribution in [0.3, 0.4) is 0 Å². The fourth-order valence-electron chi connectivity index (χ4n) is 8.56. The zero-order chi connectivity index (χ0) is 52.0. The molecule has 2 aliphatic heterocycles. The van der Waals surface area contributed by atoms with Crippen molar-refractivity contribution >= 4 is 74.4 Å². The van der Waals surface area contributed by atoms with Crippen LogP contribution in [0.15, 0.2) is 63.9 Å². The number of halogens is 1. The van der Waals surface area contributed by atoms with E-state index in [4.69, 9.17) is 29.7 Å². The lowest BCUT2D eigenvalue weighted by atomic mass is 9.85. The molecular weight excluding hydrogens is 983 g/mol. The molecule has 0 fully saturated rings. The molecule has 0 saturated heterocycles. The number of pyridine rings is 2. The van der Waals surface area contributed by atoms with Gasteiger partial charge in [-0.25, -0.2) is 24.2 Å². The van der Waals surface area contributed by atoms with Crippen LogP contribution in [0.5, 0.6) is 0 Å². The van der Waals surface area contributed by atoms with Crippen LogP contribution in [-0.4, -0.2) is 76.1 Å². The summed E-state index contributed by atoms with van der Waals surface area (Å²) in [5, 5.41) is 11.5. The molecule has 6 N–H and O–H groups in total. The first-order chi connectivity index (χ1) is 33.4. The van der Waals surface area contributed by atoms with Crippen molar-refractivity contribution in [3.8, 4) is 11.4 Å². The average Bonchev–Trinajstić information content (AvgIpc) is 3.65. The number of ketones is 1. The van der Waals surface area contributed by atoms with E-state index in [1.165, 1.54) is 0 Å². The Labute approximate surface area is 419 Å². The topological polar surface area (TPSA) is 265 Å². The maximum absolute atomic E-state index is 14.0. The monoisotopic (exact) mass is 1040 g/mol. The van der Waals surface area contributed by atoms with Crippen molar-refractivity contribution in [2.75, 3.05) is 18.4 Å². The smallest absolute Gasteiger partial charge is 0.408 e. The maximum Gasteiger partial charge on any atom is 0.408 e. The first-order valence-electron chi connectivity index (χ1n) is 23.5. The van der Waals surface area contributed by atoms with Gasteiger partial charge in [0.1, 0.15) is 18.8 Å². The molecule has 2 aliphatic rings. The number of anilines is 1. The second-order valence-corrected chi connectivity index (χ2v) is 20.8. The Hall–Kier alpha value is -6.83. The summed E-state index contributed by atoms with van der Waals surface area (Å²) in [6, 6.07) is 14.2. The highest BCUT2D eigenvalue weighted by Gasteiger charge is 2.51. The first kappa shape index (κ1) is 53.5. The van der Waals surface area contributed by atoms with Gasteiger partial charge in [0.2, 0.25) is 11.5 Å². The number of Topliss-reactive ketones (excluding diaryl/α,β-unsaturated/α-hetero) is 1. The number of alkyl carbamates (subject to hydrolysis) is 2. The molecule has 4 aromatic rings. The number of carbonyl (C=O) groups excluding carboxylic acids is 7. The molecule has 19 nitrogen and oxygen atoms in total. The number of nitrogens with two attached hydrogens (primary N) is 1. The van der Waals surface area contributed by atoms with E-state index in [0.29, 0.717) is 29.1 Å². The number of carbonyl (C=O) groups is 7. The van der Waals surface area contributed by atoms with Gasteiger partial charge >= 0.3 is 30.2 Å². The van der Waals surface area contributed by atoms with E-state index in [1.807, 2.05) is 24.3 Å². The normalized spacial score (nSPS) is 15.8. The molecule has 71 heavy (non-hydrogen) atoms. The number of rotatable bonds is 19. The van der Waals surface area contributed by atoms with Crippen molar-refractivity contribution in [2.45, 2.75) is 124 Å². The number of hydrogen-bond acceptors (Lipinski definition) is 13. The zero-order valence-corrected chi connectivity index (χ0v) is 42.8. The van der Waals surface area contributed by atoms with Gasteiger partial charge in [0.05, 0.1) is 41.5 Å². The van der Waals surface area contributed by atoms with Gasteiger partial charge in [0, 0.05) is 52.1 Å². The van der Waals surface area contributed by atoms with Gasteiger partial charge in [-0.05, 0) is 93.3 Å². The van der Waals surface area contributed by atoms with Crippen LogP contribution in [0.1, 0.15) is 110 Å². The Balaban J connectivity index is 1.03. The van der Waals surface area contributed by atoms with Gasteiger partial charge in [0.15, 0.2) is 5.78 Å². The van der Waals surface area contributed by atoms with E-state index in [0.717, 1.165) is 20.9 Å². The van der Waals surface area contributed by atoms with Crippen LogP contribution in [0, 0.1) is 17.3 Å². The summed E-state index contributed by atoms with van der Waals surface area (Å²) in [6.07, 6.45) is -1.36. The summed E-state index contributed by atoms with van der Waals surface area (Å²) >= 11 is 3.58. The number of nitrogens with zero attached hydrogens (tertiary/aromatic N) is 2. The van der Waals surface area contributed by atoms with E-state index in [-0.39, 0.29) is 86.9 Å². The maximum atomic E-state index is 14.0. The highest BCUT2D eigenvalue weighted by molar-refractivity contribution is 9.10. The number of amides is 5. The van der Waals surface area contributed by atoms with E-state index in [9.17, 15) is 38.4 Å². The van der Waals surface area contributed by atoms with E-state index >= 15 is 0 Å². The Morgan fingerprint density at radius 1 is 0.972 bits per heavy atom. The number of primary amides is 1. The van der Waals surface area contributed by atoms with Crippen molar-refractivity contribution in [2.24, 2.45) is 23.0 Å². The van der Waals surface area contributed by atoms with Crippen molar-refractivity contribution in [1.29, 1.82) is 0 Å². The second kappa shape index (κ2) is 22.1. The van der Waals surface area contributed by atoms with E-state index < -0.39 is 64.6 Å². The van der Waals surface area contributed by atoms with Crippen molar-refractivity contribution in [3.63, 3.8) is 0 Å².